The Morgan fingerprint density at radius 1 is 1.16 bits per heavy atom. The topological polar surface area (TPSA) is 54.7 Å². The van der Waals surface area contributed by atoms with Crippen LogP contribution >= 0.6 is 0 Å². The van der Waals surface area contributed by atoms with Crippen LogP contribution in [0.4, 0.5) is 23.2 Å². The predicted octanol–water partition coefficient (Wildman–Crippen LogP) is 5.60. The van der Waals surface area contributed by atoms with Crippen molar-refractivity contribution in [2.24, 2.45) is 0 Å². The molecule has 0 aliphatic carbocycles. The minimum absolute atomic E-state index is 0.0134. The third-order valence-electron chi connectivity index (χ3n) is 5.08. The third-order valence-corrected chi connectivity index (χ3v) is 5.08. The van der Waals surface area contributed by atoms with Crippen molar-refractivity contribution in [1.82, 2.24) is 5.32 Å². The van der Waals surface area contributed by atoms with Crippen LogP contribution in [0.2, 0.25) is 0 Å². The Labute approximate surface area is 182 Å². The van der Waals surface area contributed by atoms with Gasteiger partial charge in [-0.1, -0.05) is 18.2 Å². The molecule has 0 radical (unpaired) electrons. The molecule has 0 spiro atoms. The minimum atomic E-state index is -4.72. The summed E-state index contributed by atoms with van der Waals surface area (Å²) in [5.41, 5.74) is -0.233. The van der Waals surface area contributed by atoms with E-state index in [4.69, 9.17) is 11.3 Å². The first kappa shape index (κ1) is 22.9. The van der Waals surface area contributed by atoms with E-state index in [1.807, 2.05) is 0 Å². The van der Waals surface area contributed by atoms with Crippen molar-refractivity contribution in [3.63, 3.8) is 0 Å². The van der Waals surface area contributed by atoms with Crippen LogP contribution in [-0.4, -0.2) is 13.0 Å². The molecule has 1 heterocycles. The van der Waals surface area contributed by atoms with Gasteiger partial charge in [-0.3, -0.25) is 4.79 Å². The highest BCUT2D eigenvalue weighted by Crippen LogP contribution is 2.42. The molecule has 1 amide bonds. The number of amides is 1. The molecular weight excluding hydrogens is 426 g/mol. The van der Waals surface area contributed by atoms with E-state index in [9.17, 15) is 22.4 Å². The van der Waals surface area contributed by atoms with Crippen molar-refractivity contribution >= 4 is 11.6 Å². The van der Waals surface area contributed by atoms with E-state index in [2.05, 4.69) is 15.5 Å². The Morgan fingerprint density at radius 2 is 1.84 bits per heavy atom. The number of para-hydroxylation sites is 2. The maximum absolute atomic E-state index is 14.9. The Morgan fingerprint density at radius 3 is 2.44 bits per heavy atom. The number of alkyl halides is 3. The van der Waals surface area contributed by atoms with E-state index in [1.54, 1.807) is 38.1 Å². The van der Waals surface area contributed by atoms with Gasteiger partial charge in [-0.15, -0.1) is 0 Å². The van der Waals surface area contributed by atoms with Crippen molar-refractivity contribution in [3.05, 3.63) is 93.5 Å². The van der Waals surface area contributed by atoms with Crippen molar-refractivity contribution in [2.75, 3.05) is 12.4 Å². The summed E-state index contributed by atoms with van der Waals surface area (Å²) in [6.45, 7) is 10.7. The van der Waals surface area contributed by atoms with Crippen molar-refractivity contribution < 1.29 is 27.1 Å². The lowest BCUT2D eigenvalue weighted by molar-refractivity contribution is -0.137. The van der Waals surface area contributed by atoms with Crippen molar-refractivity contribution in [1.29, 1.82) is 0 Å². The lowest BCUT2D eigenvalue weighted by Gasteiger charge is -2.29. The van der Waals surface area contributed by atoms with Gasteiger partial charge in [0.05, 0.1) is 30.9 Å². The smallest absolute Gasteiger partial charge is 0.416 e. The molecule has 1 atom stereocenters. The van der Waals surface area contributed by atoms with Gasteiger partial charge in [0, 0.05) is 17.0 Å². The summed E-state index contributed by atoms with van der Waals surface area (Å²) < 4.78 is 59.1. The average molecular weight is 445 g/mol. The van der Waals surface area contributed by atoms with Gasteiger partial charge in [0.25, 0.3) is 5.91 Å². The van der Waals surface area contributed by atoms with Gasteiger partial charge in [-0.05, 0) is 43.7 Å². The second-order valence-electron chi connectivity index (χ2n) is 7.11. The maximum Gasteiger partial charge on any atom is 0.416 e. The zero-order valence-corrected chi connectivity index (χ0v) is 17.4. The van der Waals surface area contributed by atoms with Crippen LogP contribution in [0.3, 0.4) is 0 Å². The summed E-state index contributed by atoms with van der Waals surface area (Å²) in [6.07, 6.45) is -4.72. The van der Waals surface area contributed by atoms with E-state index in [1.165, 1.54) is 7.11 Å². The summed E-state index contributed by atoms with van der Waals surface area (Å²) in [6, 6.07) is 8.72. The Balaban J connectivity index is 2.11. The summed E-state index contributed by atoms with van der Waals surface area (Å²) in [5, 5.41) is 5.62. The van der Waals surface area contributed by atoms with Crippen LogP contribution in [0.15, 0.2) is 65.1 Å². The van der Waals surface area contributed by atoms with Crippen LogP contribution in [0, 0.1) is 12.4 Å². The molecule has 2 aromatic rings. The molecule has 1 aliphatic heterocycles. The quantitative estimate of drug-likeness (QED) is 0.476. The molecule has 0 fully saturated rings. The highest BCUT2D eigenvalue weighted by molar-refractivity contribution is 6.06. The summed E-state index contributed by atoms with van der Waals surface area (Å²) >= 11 is 0. The first-order chi connectivity index (χ1) is 15.1. The second kappa shape index (κ2) is 8.75. The van der Waals surface area contributed by atoms with E-state index < -0.39 is 29.4 Å². The summed E-state index contributed by atoms with van der Waals surface area (Å²) in [7, 11) is 1.43. The Kier molecular flexibility index (Phi) is 6.25. The molecule has 0 saturated heterocycles. The zero-order valence-electron chi connectivity index (χ0n) is 17.4. The number of nitrogens with zero attached hydrogens (tertiary/aromatic N) is 1. The molecule has 1 aliphatic rings. The molecule has 2 aromatic carbocycles. The molecular formula is C23H19F4N3O2. The summed E-state index contributed by atoms with van der Waals surface area (Å²) in [5.74, 6) is -2.60. The van der Waals surface area contributed by atoms with E-state index in [0.29, 0.717) is 28.9 Å². The normalized spacial score (nSPS) is 16.4. The monoisotopic (exact) mass is 445 g/mol. The van der Waals surface area contributed by atoms with Gasteiger partial charge in [0.15, 0.2) is 5.70 Å². The molecule has 2 N–H and O–H groups in total. The number of halogens is 4. The fourth-order valence-electron chi connectivity index (χ4n) is 3.61. The Bertz CT molecular complexity index is 1180. The number of methoxy groups -OCH3 is 1. The molecule has 0 aromatic heterocycles. The molecule has 0 bridgehead atoms. The largest absolute Gasteiger partial charge is 0.495 e. The van der Waals surface area contributed by atoms with Crippen molar-refractivity contribution in [3.8, 4) is 5.75 Å². The number of benzene rings is 2. The molecule has 1 unspecified atom stereocenters. The minimum Gasteiger partial charge on any atom is -0.495 e. The van der Waals surface area contributed by atoms with Gasteiger partial charge in [0.1, 0.15) is 11.6 Å². The van der Waals surface area contributed by atoms with Crippen LogP contribution in [0.5, 0.6) is 5.75 Å². The third kappa shape index (κ3) is 4.30. The predicted molar refractivity (Wildman–Crippen MR) is 111 cm³/mol. The molecule has 5 nitrogen and oxygen atoms in total. The number of hydrogen-bond donors (Lipinski definition) is 2. The number of ether oxygens (including phenoxy) is 1. The number of nitrogens with one attached hydrogen (secondary N) is 2. The fraction of sp³-hybridized carbons (Fsp3) is 0.217. The van der Waals surface area contributed by atoms with Gasteiger partial charge in [0.2, 0.25) is 0 Å². The molecule has 32 heavy (non-hydrogen) atoms. The summed E-state index contributed by atoms with van der Waals surface area (Å²) in [4.78, 5) is 16.7. The number of anilines is 1. The Hall–Kier alpha value is -3.80. The van der Waals surface area contributed by atoms with Crippen LogP contribution in [0.1, 0.15) is 30.9 Å². The number of carbonyl (C=O) groups is 1. The van der Waals surface area contributed by atoms with E-state index >= 15 is 0 Å². The van der Waals surface area contributed by atoms with Gasteiger partial charge in [-0.2, -0.15) is 13.2 Å². The van der Waals surface area contributed by atoms with Gasteiger partial charge < -0.3 is 15.4 Å². The number of rotatable bonds is 4. The zero-order chi connectivity index (χ0) is 23.6. The molecule has 166 valence electrons. The average Bonchev–Trinajstić information content (AvgIpc) is 2.73. The van der Waals surface area contributed by atoms with Crippen LogP contribution in [0.25, 0.3) is 4.85 Å². The standard InChI is InChI=1S/C23H19F4N3O2/c1-12-19(22(31)30-17-7-5-6-8-18(17)32-4)20(21(28-3)13(2)29-12)15-10-9-14(11-16(15)24)23(25,26)27/h5-11,20,29H,1-2,4H3,(H,30,31). The first-order valence-electron chi connectivity index (χ1n) is 9.45. The molecule has 9 heteroatoms. The van der Waals surface area contributed by atoms with Crippen molar-refractivity contribution in [2.45, 2.75) is 25.9 Å². The molecule has 3 rings (SSSR count). The number of dihydropyridines is 1. The first-order valence-corrected chi connectivity index (χ1v) is 9.45. The molecule has 0 saturated carbocycles. The lowest BCUT2D eigenvalue weighted by Crippen LogP contribution is -2.30. The fourth-order valence-corrected chi connectivity index (χ4v) is 3.61. The van der Waals surface area contributed by atoms with Gasteiger partial charge in [-0.25, -0.2) is 9.24 Å². The second-order valence-corrected chi connectivity index (χ2v) is 7.11. The SMILES string of the molecule is [C-]#[N+]C1=C(C)NC(C)=C(C(=O)Nc2ccccc2OC)C1c1ccc(C(F)(F)F)cc1F. The van der Waals surface area contributed by atoms with E-state index in [-0.39, 0.29) is 16.8 Å². The highest BCUT2D eigenvalue weighted by atomic mass is 19.4. The number of carbonyl (C=O) groups excluding carboxylic acids is 1. The highest BCUT2D eigenvalue weighted by Gasteiger charge is 2.37. The van der Waals surface area contributed by atoms with Gasteiger partial charge >= 0.3 is 6.18 Å². The lowest BCUT2D eigenvalue weighted by atomic mass is 9.83. The van der Waals surface area contributed by atoms with Crippen LogP contribution in [-0.2, 0) is 11.0 Å². The maximum atomic E-state index is 14.9. The number of allylic oxidation sites excluding steroid dienone is 3. The number of hydrogen-bond acceptors (Lipinski definition) is 3. The van der Waals surface area contributed by atoms with E-state index in [0.717, 1.165) is 12.1 Å². The van der Waals surface area contributed by atoms with Crippen LogP contribution < -0.4 is 15.4 Å².